The molecule has 2 fully saturated rings. The van der Waals surface area contributed by atoms with Crippen molar-refractivity contribution in [2.24, 2.45) is 11.8 Å². The molecule has 0 saturated carbocycles. The van der Waals surface area contributed by atoms with Crippen molar-refractivity contribution in [3.8, 4) is 0 Å². The molecule has 2 saturated heterocycles. The summed E-state index contributed by atoms with van der Waals surface area (Å²) in [4.78, 5) is 45.8. The van der Waals surface area contributed by atoms with Gasteiger partial charge in [0.25, 0.3) is 5.91 Å². The second-order valence-electron chi connectivity index (χ2n) is 11.2. The Morgan fingerprint density at radius 1 is 1.03 bits per heavy atom. The van der Waals surface area contributed by atoms with Crippen LogP contribution in [0.15, 0.2) is 42.5 Å². The average Bonchev–Trinajstić information content (AvgIpc) is 3.19. The first kappa shape index (κ1) is 27.0. The lowest BCUT2D eigenvalue weighted by Gasteiger charge is -2.37. The summed E-state index contributed by atoms with van der Waals surface area (Å²) in [7, 11) is 0. The summed E-state index contributed by atoms with van der Waals surface area (Å²) >= 11 is 1.58. The van der Waals surface area contributed by atoms with Crippen molar-refractivity contribution in [3.05, 3.63) is 53.6 Å². The number of amides is 2. The largest absolute Gasteiger partial charge is 0.465 e. The van der Waals surface area contributed by atoms with E-state index in [1.165, 1.54) is 0 Å². The number of anilines is 1. The number of hydrogen-bond acceptors (Lipinski definition) is 6. The van der Waals surface area contributed by atoms with Gasteiger partial charge < -0.3 is 19.6 Å². The van der Waals surface area contributed by atoms with Gasteiger partial charge in [-0.15, -0.1) is 11.8 Å². The van der Waals surface area contributed by atoms with Crippen molar-refractivity contribution in [2.75, 3.05) is 31.2 Å². The number of carbonyl (C=O) groups excluding carboxylic acids is 3. The topological polar surface area (TPSA) is 87.2 Å². The van der Waals surface area contributed by atoms with E-state index in [2.05, 4.69) is 12.2 Å². The molecule has 38 heavy (non-hydrogen) atoms. The minimum atomic E-state index is -0.862. The molecule has 0 bridgehead atoms. The number of nitrogens with zero attached hydrogens (tertiary/aromatic N) is 2. The summed E-state index contributed by atoms with van der Waals surface area (Å²) < 4.78 is 4.10. The van der Waals surface area contributed by atoms with E-state index in [-0.39, 0.29) is 24.4 Å². The van der Waals surface area contributed by atoms with Gasteiger partial charge in [-0.25, -0.2) is 0 Å². The van der Waals surface area contributed by atoms with Gasteiger partial charge in [-0.05, 0) is 57.2 Å². The van der Waals surface area contributed by atoms with Crippen LogP contribution >= 0.6 is 11.8 Å². The van der Waals surface area contributed by atoms with Gasteiger partial charge in [0, 0.05) is 30.1 Å². The van der Waals surface area contributed by atoms with Crippen LogP contribution in [-0.2, 0) is 19.1 Å². The van der Waals surface area contributed by atoms with Gasteiger partial charge in [0.05, 0.1) is 23.2 Å². The molecular weight excluding hydrogens is 500 g/mol. The molecule has 5 rings (SSSR count). The number of hydrogen-bond donors (Lipinski definition) is 1. The van der Waals surface area contributed by atoms with E-state index in [4.69, 9.17) is 9.84 Å². The second kappa shape index (κ2) is 10.5. The molecule has 2 amide bonds. The molecule has 0 aromatic heterocycles. The normalized spacial score (nSPS) is 32.4. The Kier molecular flexibility index (Phi) is 7.48. The minimum Gasteiger partial charge on any atom is -0.465 e. The molecule has 1 aromatic carbocycles. The molecule has 1 spiro atoms. The molecule has 4 aliphatic heterocycles. The number of cyclic esters (lactones) is 1. The number of rotatable bonds is 7. The third-order valence-corrected chi connectivity index (χ3v) is 10.3. The van der Waals surface area contributed by atoms with Crippen LogP contribution in [0.25, 0.3) is 0 Å². The van der Waals surface area contributed by atoms with Crippen molar-refractivity contribution < 1.29 is 24.2 Å². The summed E-state index contributed by atoms with van der Waals surface area (Å²) in [5.41, 5.74) is 2.93. The number of likely N-dealkylation sites (tertiary alicyclic amines) is 1. The number of aliphatic hydroxyl groups excluding tert-OH is 1. The maximum Gasteiger partial charge on any atom is 0.311 e. The Hall–Kier alpha value is -2.58. The van der Waals surface area contributed by atoms with Crippen molar-refractivity contribution in [3.63, 3.8) is 0 Å². The number of aliphatic hydroxyl groups is 1. The molecule has 204 valence electrons. The van der Waals surface area contributed by atoms with Crippen molar-refractivity contribution in [1.82, 2.24) is 4.90 Å². The molecular formula is C30H38N2O5S. The SMILES string of the molecule is Cc1ccc(C)c(N2CC=C[C@]34S[C@@]5(C)C=CCCOC(=O)[C@H]5[C@H]3C(=O)N(CCCCCCO)C4C2=O)c1. The standard InChI is InChI=1S/C30H38N2O5S/c1-20-11-12-21(2)22(19-20)31-16-10-14-30-23(24-28(36)37-18-9-6-13-29(24,3)38-30)26(34)32(25(30)27(31)35)15-7-4-5-8-17-33/h6,10-14,19,23-25,33H,4-5,7-9,15-18H2,1-3H3/t23-,24+,25?,29-,30-/m0/s1. The number of unbranched alkanes of at least 4 members (excludes halogenated alkanes) is 3. The molecule has 5 atom stereocenters. The number of ether oxygens (including phenoxy) is 1. The fraction of sp³-hybridized carbons (Fsp3) is 0.567. The number of thioether (sulfide) groups is 1. The van der Waals surface area contributed by atoms with E-state index in [1.807, 2.05) is 56.0 Å². The first-order valence-corrected chi connectivity index (χ1v) is 14.6. The highest BCUT2D eigenvalue weighted by atomic mass is 32.2. The predicted octanol–water partition coefficient (Wildman–Crippen LogP) is 3.95. The summed E-state index contributed by atoms with van der Waals surface area (Å²) in [6, 6.07) is 5.38. The van der Waals surface area contributed by atoms with Gasteiger partial charge in [0.1, 0.15) is 6.04 Å². The van der Waals surface area contributed by atoms with Gasteiger partial charge >= 0.3 is 5.97 Å². The van der Waals surface area contributed by atoms with Crippen LogP contribution in [0.5, 0.6) is 0 Å². The second-order valence-corrected chi connectivity index (χ2v) is 13.0. The third kappa shape index (κ3) is 4.39. The molecule has 1 N–H and O–H groups in total. The van der Waals surface area contributed by atoms with Crippen molar-refractivity contribution in [1.29, 1.82) is 0 Å². The highest BCUT2D eigenvalue weighted by Crippen LogP contribution is 2.65. The zero-order chi connectivity index (χ0) is 27.1. The highest BCUT2D eigenvalue weighted by Gasteiger charge is 2.73. The van der Waals surface area contributed by atoms with Gasteiger partial charge in [-0.3, -0.25) is 14.4 Å². The van der Waals surface area contributed by atoms with Crippen LogP contribution in [-0.4, -0.2) is 69.6 Å². The van der Waals surface area contributed by atoms with E-state index in [0.717, 1.165) is 42.5 Å². The Labute approximate surface area is 229 Å². The van der Waals surface area contributed by atoms with Gasteiger partial charge in [-0.1, -0.05) is 49.3 Å². The summed E-state index contributed by atoms with van der Waals surface area (Å²) in [5, 5.41) is 9.15. The molecule has 0 radical (unpaired) electrons. The van der Waals surface area contributed by atoms with Crippen LogP contribution in [0.1, 0.15) is 50.2 Å². The van der Waals surface area contributed by atoms with Crippen molar-refractivity contribution in [2.45, 2.75) is 68.4 Å². The zero-order valence-electron chi connectivity index (χ0n) is 22.5. The quantitative estimate of drug-likeness (QED) is 0.321. The maximum absolute atomic E-state index is 14.6. The molecule has 4 heterocycles. The predicted molar refractivity (Wildman–Crippen MR) is 149 cm³/mol. The summed E-state index contributed by atoms with van der Waals surface area (Å²) in [6.45, 7) is 7.33. The number of benzene rings is 1. The average molecular weight is 539 g/mol. The third-order valence-electron chi connectivity index (χ3n) is 8.48. The first-order chi connectivity index (χ1) is 18.2. The van der Waals surface area contributed by atoms with E-state index in [0.29, 0.717) is 26.1 Å². The monoisotopic (exact) mass is 538 g/mol. The van der Waals surface area contributed by atoms with Crippen LogP contribution in [0.2, 0.25) is 0 Å². The lowest BCUT2D eigenvalue weighted by molar-refractivity contribution is -0.154. The Balaban J connectivity index is 1.58. The summed E-state index contributed by atoms with van der Waals surface area (Å²) in [5.74, 6) is -1.92. The molecule has 0 aliphatic carbocycles. The Bertz CT molecular complexity index is 1180. The van der Waals surface area contributed by atoms with Crippen molar-refractivity contribution >= 4 is 35.2 Å². The first-order valence-electron chi connectivity index (χ1n) is 13.8. The maximum atomic E-state index is 14.6. The van der Waals surface area contributed by atoms with Crippen LogP contribution in [0.3, 0.4) is 0 Å². The van der Waals surface area contributed by atoms with E-state index < -0.39 is 27.4 Å². The Morgan fingerprint density at radius 2 is 1.82 bits per heavy atom. The van der Waals surface area contributed by atoms with Gasteiger partial charge in [0.15, 0.2) is 0 Å². The van der Waals surface area contributed by atoms with Crippen LogP contribution in [0.4, 0.5) is 5.69 Å². The molecule has 1 aromatic rings. The van der Waals surface area contributed by atoms with E-state index in [9.17, 15) is 14.4 Å². The fourth-order valence-corrected chi connectivity index (χ4v) is 8.85. The number of esters is 1. The number of aryl methyl sites for hydroxylation is 2. The van der Waals surface area contributed by atoms with E-state index >= 15 is 0 Å². The molecule has 1 unspecified atom stereocenters. The lowest BCUT2D eigenvalue weighted by atomic mass is 9.74. The highest BCUT2D eigenvalue weighted by molar-refractivity contribution is 8.02. The minimum absolute atomic E-state index is 0.0994. The van der Waals surface area contributed by atoms with Gasteiger partial charge in [-0.2, -0.15) is 0 Å². The number of fused-ring (bicyclic) bond motifs is 2. The smallest absolute Gasteiger partial charge is 0.311 e. The van der Waals surface area contributed by atoms with E-state index in [1.54, 1.807) is 16.7 Å². The number of carbonyl (C=O) groups is 3. The Morgan fingerprint density at radius 3 is 2.61 bits per heavy atom. The molecule has 4 aliphatic rings. The fourth-order valence-electron chi connectivity index (χ4n) is 6.70. The van der Waals surface area contributed by atoms with Crippen LogP contribution in [0, 0.1) is 25.7 Å². The summed E-state index contributed by atoms with van der Waals surface area (Å²) in [6.07, 6.45) is 12.0. The lowest BCUT2D eigenvalue weighted by Crippen LogP contribution is -2.53. The molecule has 8 heteroatoms. The van der Waals surface area contributed by atoms with Gasteiger partial charge in [0.2, 0.25) is 5.91 Å². The van der Waals surface area contributed by atoms with Crippen LogP contribution < -0.4 is 4.90 Å². The molecule has 7 nitrogen and oxygen atoms in total. The zero-order valence-corrected chi connectivity index (χ0v) is 23.3.